The van der Waals surface area contributed by atoms with Crippen LogP contribution in [0.25, 0.3) is 11.4 Å². The first kappa shape index (κ1) is 20.6. The lowest BCUT2D eigenvalue weighted by Gasteiger charge is -2.39. The number of benzene rings is 1. The van der Waals surface area contributed by atoms with Gasteiger partial charge in [0.2, 0.25) is 5.91 Å². The molecule has 2 N–H and O–H groups in total. The summed E-state index contributed by atoms with van der Waals surface area (Å²) >= 11 is 0. The topological polar surface area (TPSA) is 91.2 Å². The first-order valence-electron chi connectivity index (χ1n) is 11.2. The second-order valence-electron chi connectivity index (χ2n) is 8.62. The lowest BCUT2D eigenvalue weighted by molar-refractivity contribution is -0.135. The zero-order valence-electron chi connectivity index (χ0n) is 18.0. The maximum Gasteiger partial charge on any atom is 0.248 e. The largest absolute Gasteiger partial charge is 0.387 e. The molecule has 1 saturated heterocycles. The molecule has 1 spiro atoms. The number of carbonyl (C=O) groups excluding carboxylic acids is 1. The Bertz CT molecular complexity index is 1100. The summed E-state index contributed by atoms with van der Waals surface area (Å²) < 4.78 is 0. The summed E-state index contributed by atoms with van der Waals surface area (Å²) in [6.07, 6.45) is 7.29. The lowest BCUT2D eigenvalue weighted by Crippen LogP contribution is -2.45. The smallest absolute Gasteiger partial charge is 0.248 e. The monoisotopic (exact) mass is 429 g/mol. The van der Waals surface area contributed by atoms with Crippen LogP contribution in [0.4, 0.5) is 5.82 Å². The predicted molar refractivity (Wildman–Crippen MR) is 122 cm³/mol. The van der Waals surface area contributed by atoms with E-state index < -0.39 is 6.61 Å². The van der Waals surface area contributed by atoms with Crippen molar-refractivity contribution in [2.45, 2.75) is 37.6 Å². The maximum atomic E-state index is 12.0. The summed E-state index contributed by atoms with van der Waals surface area (Å²) in [5, 5.41) is 12.8. The molecule has 1 amide bonds. The first-order valence-corrected chi connectivity index (χ1v) is 11.2. The Morgan fingerprint density at radius 1 is 1.06 bits per heavy atom. The minimum absolute atomic E-state index is 0.0429. The molecule has 1 aliphatic heterocycles. The summed E-state index contributed by atoms with van der Waals surface area (Å²) in [5.74, 6) is 1.43. The summed E-state index contributed by atoms with van der Waals surface area (Å²) in [4.78, 5) is 28.0. The second kappa shape index (κ2) is 8.67. The Labute approximate surface area is 187 Å². The van der Waals surface area contributed by atoms with Crippen molar-refractivity contribution in [2.75, 3.05) is 25.0 Å². The molecular weight excluding hydrogens is 402 g/mol. The van der Waals surface area contributed by atoms with Crippen LogP contribution in [0.3, 0.4) is 0 Å². The summed E-state index contributed by atoms with van der Waals surface area (Å²) in [6.45, 7) is 1.54. The number of hydrogen-bond acceptors (Lipinski definition) is 6. The van der Waals surface area contributed by atoms with E-state index in [2.05, 4.69) is 16.4 Å². The minimum atomic E-state index is -0.424. The number of carbonyl (C=O) groups is 1. The van der Waals surface area contributed by atoms with Gasteiger partial charge >= 0.3 is 0 Å². The summed E-state index contributed by atoms with van der Waals surface area (Å²) in [6, 6.07) is 14.1. The Morgan fingerprint density at radius 2 is 1.88 bits per heavy atom. The molecule has 1 aromatic carbocycles. The van der Waals surface area contributed by atoms with Gasteiger partial charge in [-0.15, -0.1) is 0 Å². The van der Waals surface area contributed by atoms with Gasteiger partial charge in [-0.25, -0.2) is 9.97 Å². The van der Waals surface area contributed by atoms with E-state index in [0.717, 1.165) is 54.1 Å². The van der Waals surface area contributed by atoms with Gasteiger partial charge in [0.1, 0.15) is 12.4 Å². The van der Waals surface area contributed by atoms with Crippen molar-refractivity contribution < 1.29 is 9.90 Å². The zero-order chi connectivity index (χ0) is 22.0. The van der Waals surface area contributed by atoms with Gasteiger partial charge < -0.3 is 15.3 Å². The molecule has 2 aliphatic rings. The van der Waals surface area contributed by atoms with E-state index in [0.29, 0.717) is 19.6 Å². The third kappa shape index (κ3) is 3.84. The maximum absolute atomic E-state index is 12.0. The molecule has 0 radical (unpaired) electrons. The molecule has 2 aromatic heterocycles. The van der Waals surface area contributed by atoms with Gasteiger partial charge in [-0.05, 0) is 37.3 Å². The van der Waals surface area contributed by atoms with Crippen LogP contribution < -0.4 is 5.32 Å². The number of aliphatic hydroxyl groups is 1. The van der Waals surface area contributed by atoms with Crippen molar-refractivity contribution >= 4 is 11.7 Å². The third-order valence-corrected chi connectivity index (χ3v) is 6.79. The minimum Gasteiger partial charge on any atom is -0.387 e. The van der Waals surface area contributed by atoms with Gasteiger partial charge in [-0.2, -0.15) is 0 Å². The molecule has 7 heteroatoms. The van der Waals surface area contributed by atoms with Crippen LogP contribution in [-0.2, 0) is 23.2 Å². The van der Waals surface area contributed by atoms with Crippen LogP contribution >= 0.6 is 0 Å². The molecule has 1 fully saturated rings. The fraction of sp³-hybridized carbons (Fsp3) is 0.360. The lowest BCUT2D eigenvalue weighted by atomic mass is 9.76. The average Bonchev–Trinajstić information content (AvgIpc) is 3.21. The van der Waals surface area contributed by atoms with E-state index in [-0.39, 0.29) is 11.3 Å². The number of rotatable bonds is 5. The average molecular weight is 430 g/mol. The number of likely N-dealkylation sites (tertiary alicyclic amines) is 1. The third-order valence-electron chi connectivity index (χ3n) is 6.79. The summed E-state index contributed by atoms with van der Waals surface area (Å²) in [7, 11) is 0. The molecule has 1 aliphatic carbocycles. The number of anilines is 1. The predicted octanol–water partition coefficient (Wildman–Crippen LogP) is 2.95. The van der Waals surface area contributed by atoms with Crippen molar-refractivity contribution in [3.8, 4) is 11.4 Å². The molecular formula is C25H27N5O2. The molecule has 3 heterocycles. The second-order valence-corrected chi connectivity index (χ2v) is 8.62. The van der Waals surface area contributed by atoms with Gasteiger partial charge in [0.25, 0.3) is 0 Å². The normalized spacial score (nSPS) is 16.7. The Kier molecular flexibility index (Phi) is 5.57. The van der Waals surface area contributed by atoms with Gasteiger partial charge in [0, 0.05) is 48.6 Å². The number of amides is 1. The number of hydrogen-bond donors (Lipinski definition) is 2. The number of fused-ring (bicyclic) bond motifs is 2. The number of aliphatic hydroxyl groups excluding tert-OH is 1. The number of pyridine rings is 1. The van der Waals surface area contributed by atoms with Crippen molar-refractivity contribution in [1.29, 1.82) is 0 Å². The highest BCUT2D eigenvalue weighted by atomic mass is 16.3. The molecule has 32 heavy (non-hydrogen) atoms. The highest BCUT2D eigenvalue weighted by Gasteiger charge is 2.44. The molecule has 0 unspecified atom stereocenters. The molecule has 0 atom stereocenters. The van der Waals surface area contributed by atoms with Gasteiger partial charge in [0.05, 0.1) is 5.69 Å². The van der Waals surface area contributed by atoms with Gasteiger partial charge in [-0.1, -0.05) is 36.4 Å². The number of aromatic nitrogens is 3. The first-order chi connectivity index (χ1) is 15.7. The highest BCUT2D eigenvalue weighted by Crippen LogP contribution is 2.47. The van der Waals surface area contributed by atoms with E-state index in [1.807, 2.05) is 42.6 Å². The quantitative estimate of drug-likeness (QED) is 0.648. The molecule has 0 saturated carbocycles. The standard InChI is InChI=1S/C25H27N5O2/c31-17-21(32)30-13-10-25(11-14-30)9-8-20-22(25)28-23(19-6-2-1-3-7-19)29-24(20)27-16-18-5-4-12-26-15-18/h1-7,12,15,31H,8-11,13-14,16-17H2,(H,27,28,29). The van der Waals surface area contributed by atoms with Crippen molar-refractivity contribution in [3.63, 3.8) is 0 Å². The van der Waals surface area contributed by atoms with Crippen LogP contribution in [0.15, 0.2) is 54.9 Å². The number of piperidine rings is 1. The van der Waals surface area contributed by atoms with Crippen LogP contribution in [-0.4, -0.2) is 50.6 Å². The molecule has 7 nitrogen and oxygen atoms in total. The molecule has 3 aromatic rings. The van der Waals surface area contributed by atoms with Crippen LogP contribution in [0.5, 0.6) is 0 Å². The van der Waals surface area contributed by atoms with Crippen molar-refractivity contribution in [1.82, 2.24) is 19.9 Å². The van der Waals surface area contributed by atoms with Crippen LogP contribution in [0.1, 0.15) is 36.1 Å². The van der Waals surface area contributed by atoms with Crippen LogP contribution in [0.2, 0.25) is 0 Å². The molecule has 5 rings (SSSR count). The van der Waals surface area contributed by atoms with E-state index in [1.54, 1.807) is 11.1 Å². The number of nitrogens with one attached hydrogen (secondary N) is 1. The van der Waals surface area contributed by atoms with E-state index in [4.69, 9.17) is 9.97 Å². The fourth-order valence-electron chi connectivity index (χ4n) is 4.96. The summed E-state index contributed by atoms with van der Waals surface area (Å²) in [5.41, 5.74) is 4.37. The fourth-order valence-corrected chi connectivity index (χ4v) is 4.96. The van der Waals surface area contributed by atoms with E-state index in [9.17, 15) is 9.90 Å². The van der Waals surface area contributed by atoms with Gasteiger partial charge in [0.15, 0.2) is 5.82 Å². The van der Waals surface area contributed by atoms with Crippen LogP contribution in [0, 0.1) is 0 Å². The SMILES string of the molecule is O=C(CO)N1CCC2(CCc3c(NCc4cccnc4)nc(-c4ccccc4)nc32)CC1. The van der Waals surface area contributed by atoms with Crippen molar-refractivity contribution in [3.05, 3.63) is 71.7 Å². The zero-order valence-corrected chi connectivity index (χ0v) is 18.0. The van der Waals surface area contributed by atoms with E-state index in [1.165, 1.54) is 5.56 Å². The number of nitrogens with zero attached hydrogens (tertiary/aromatic N) is 4. The highest BCUT2D eigenvalue weighted by molar-refractivity contribution is 5.77. The van der Waals surface area contributed by atoms with Gasteiger partial charge in [-0.3, -0.25) is 9.78 Å². The Hall–Kier alpha value is -3.32. The molecule has 164 valence electrons. The Morgan fingerprint density at radius 3 is 2.59 bits per heavy atom. The molecule has 0 bridgehead atoms. The van der Waals surface area contributed by atoms with Crippen molar-refractivity contribution in [2.24, 2.45) is 0 Å². The Balaban J connectivity index is 1.50. The van der Waals surface area contributed by atoms with E-state index >= 15 is 0 Å².